The smallest absolute Gasteiger partial charge is 0.263 e. The lowest BCUT2D eigenvalue weighted by atomic mass is 10.0. The molecule has 1 amide bonds. The molecule has 3 rings (SSSR count). The van der Waals surface area contributed by atoms with Crippen LogP contribution in [0.3, 0.4) is 0 Å². The van der Waals surface area contributed by atoms with Crippen molar-refractivity contribution < 1.29 is 23.6 Å². The molecule has 0 saturated heterocycles. The number of carbonyl (C=O) groups is 1. The first-order chi connectivity index (χ1) is 14.4. The predicted octanol–water partition coefficient (Wildman–Crippen LogP) is 4.20. The van der Waals surface area contributed by atoms with Crippen molar-refractivity contribution in [3.05, 3.63) is 47.5 Å². The second-order valence-electron chi connectivity index (χ2n) is 7.06. The standard InChI is InChI=1S/C22H25N3O5/c1-13(2)16-8-6-14(3)10-18(16)29-12-20(26)23-22-21(24-30-25-22)15-7-9-17(27-4)19(11-15)28-5/h6-11,13H,12H2,1-5H3,(H,23,25,26). The van der Waals surface area contributed by atoms with E-state index in [1.54, 1.807) is 32.4 Å². The third-order valence-electron chi connectivity index (χ3n) is 4.55. The van der Waals surface area contributed by atoms with Crippen LogP contribution in [-0.4, -0.2) is 37.0 Å². The molecule has 30 heavy (non-hydrogen) atoms. The van der Waals surface area contributed by atoms with Crippen LogP contribution in [0.1, 0.15) is 30.9 Å². The summed E-state index contributed by atoms with van der Waals surface area (Å²) in [7, 11) is 3.10. The number of methoxy groups -OCH3 is 2. The number of nitrogens with zero attached hydrogens (tertiary/aromatic N) is 2. The summed E-state index contributed by atoms with van der Waals surface area (Å²) in [6.45, 7) is 5.97. The predicted molar refractivity (Wildman–Crippen MR) is 112 cm³/mol. The average molecular weight is 411 g/mol. The van der Waals surface area contributed by atoms with Gasteiger partial charge in [0, 0.05) is 5.56 Å². The molecule has 1 N–H and O–H groups in total. The Morgan fingerprint density at radius 1 is 1.03 bits per heavy atom. The van der Waals surface area contributed by atoms with Crippen LogP contribution in [-0.2, 0) is 4.79 Å². The van der Waals surface area contributed by atoms with Crippen molar-refractivity contribution in [1.82, 2.24) is 10.3 Å². The SMILES string of the molecule is COc1ccc(-c2nonc2NC(=O)COc2cc(C)ccc2C(C)C)cc1OC. The summed E-state index contributed by atoms with van der Waals surface area (Å²) >= 11 is 0. The summed E-state index contributed by atoms with van der Waals surface area (Å²) in [6, 6.07) is 11.2. The van der Waals surface area contributed by atoms with E-state index in [1.165, 1.54) is 0 Å². The summed E-state index contributed by atoms with van der Waals surface area (Å²) in [5.74, 6) is 1.90. The van der Waals surface area contributed by atoms with E-state index in [0.717, 1.165) is 11.1 Å². The number of amides is 1. The lowest BCUT2D eigenvalue weighted by molar-refractivity contribution is -0.118. The van der Waals surface area contributed by atoms with Crippen molar-refractivity contribution in [3.8, 4) is 28.5 Å². The van der Waals surface area contributed by atoms with Crippen LogP contribution in [0, 0.1) is 6.92 Å². The third-order valence-corrected chi connectivity index (χ3v) is 4.55. The molecule has 0 aliphatic heterocycles. The third kappa shape index (κ3) is 4.71. The molecule has 0 fully saturated rings. The Balaban J connectivity index is 1.73. The molecule has 0 aliphatic carbocycles. The minimum atomic E-state index is -0.372. The molecule has 158 valence electrons. The molecule has 0 spiro atoms. The van der Waals surface area contributed by atoms with Crippen LogP contribution >= 0.6 is 0 Å². The quantitative estimate of drug-likeness (QED) is 0.593. The van der Waals surface area contributed by atoms with Gasteiger partial charge in [-0.2, -0.15) is 0 Å². The number of benzene rings is 2. The zero-order valence-electron chi connectivity index (χ0n) is 17.7. The van der Waals surface area contributed by atoms with E-state index in [0.29, 0.717) is 28.5 Å². The second kappa shape index (κ2) is 9.30. The molecular weight excluding hydrogens is 386 g/mol. The number of rotatable bonds is 8. The number of aryl methyl sites for hydroxylation is 1. The van der Waals surface area contributed by atoms with E-state index in [2.05, 4.69) is 29.5 Å². The first-order valence-electron chi connectivity index (χ1n) is 9.51. The van der Waals surface area contributed by atoms with Crippen molar-refractivity contribution >= 4 is 11.7 Å². The van der Waals surface area contributed by atoms with Crippen LogP contribution in [0.4, 0.5) is 5.82 Å². The van der Waals surface area contributed by atoms with Crippen molar-refractivity contribution in [2.45, 2.75) is 26.7 Å². The molecule has 0 unspecified atom stereocenters. The topological polar surface area (TPSA) is 95.7 Å². The number of carbonyl (C=O) groups excluding carboxylic acids is 1. The molecule has 3 aromatic rings. The molecule has 0 bridgehead atoms. The van der Waals surface area contributed by atoms with Gasteiger partial charge in [-0.25, -0.2) is 4.63 Å². The van der Waals surface area contributed by atoms with Gasteiger partial charge in [-0.1, -0.05) is 26.0 Å². The van der Waals surface area contributed by atoms with Gasteiger partial charge >= 0.3 is 0 Å². The van der Waals surface area contributed by atoms with E-state index in [4.69, 9.17) is 18.8 Å². The normalized spacial score (nSPS) is 10.7. The summed E-state index contributed by atoms with van der Waals surface area (Å²) in [4.78, 5) is 12.5. The number of nitrogens with one attached hydrogen (secondary N) is 1. The molecule has 0 aliphatic rings. The van der Waals surface area contributed by atoms with E-state index >= 15 is 0 Å². The maximum absolute atomic E-state index is 12.5. The second-order valence-corrected chi connectivity index (χ2v) is 7.06. The summed E-state index contributed by atoms with van der Waals surface area (Å²) in [5.41, 5.74) is 3.14. The molecule has 0 saturated carbocycles. The molecular formula is C22H25N3O5. The number of hydrogen-bond donors (Lipinski definition) is 1. The Kier molecular flexibility index (Phi) is 6.56. The number of anilines is 1. The highest BCUT2D eigenvalue weighted by atomic mass is 16.6. The summed E-state index contributed by atoms with van der Waals surface area (Å²) in [5, 5.41) is 10.4. The van der Waals surface area contributed by atoms with E-state index in [9.17, 15) is 4.79 Å². The van der Waals surface area contributed by atoms with Gasteiger partial charge in [0.25, 0.3) is 5.91 Å². The lowest BCUT2D eigenvalue weighted by Gasteiger charge is -2.14. The largest absolute Gasteiger partial charge is 0.493 e. The Morgan fingerprint density at radius 2 is 1.80 bits per heavy atom. The average Bonchev–Trinajstić information content (AvgIpc) is 3.19. The Hall–Kier alpha value is -3.55. The van der Waals surface area contributed by atoms with E-state index < -0.39 is 0 Å². The highest BCUT2D eigenvalue weighted by Crippen LogP contribution is 2.34. The van der Waals surface area contributed by atoms with Crippen molar-refractivity contribution in [3.63, 3.8) is 0 Å². The van der Waals surface area contributed by atoms with Gasteiger partial charge in [-0.15, -0.1) is 0 Å². The number of aromatic nitrogens is 2. The van der Waals surface area contributed by atoms with Crippen molar-refractivity contribution in [2.75, 3.05) is 26.1 Å². The van der Waals surface area contributed by atoms with Gasteiger partial charge in [-0.3, -0.25) is 4.79 Å². The van der Waals surface area contributed by atoms with Gasteiger partial charge in [0.15, 0.2) is 23.8 Å². The zero-order chi connectivity index (χ0) is 21.7. The van der Waals surface area contributed by atoms with Gasteiger partial charge in [-0.05, 0) is 58.5 Å². The van der Waals surface area contributed by atoms with Crippen molar-refractivity contribution in [2.24, 2.45) is 0 Å². The fraction of sp³-hybridized carbons (Fsp3) is 0.318. The fourth-order valence-electron chi connectivity index (χ4n) is 3.00. The van der Waals surface area contributed by atoms with E-state index in [1.807, 2.05) is 25.1 Å². The number of ether oxygens (including phenoxy) is 3. The molecule has 8 nitrogen and oxygen atoms in total. The van der Waals surface area contributed by atoms with Gasteiger partial charge in [0.2, 0.25) is 5.82 Å². The first kappa shape index (κ1) is 21.2. The van der Waals surface area contributed by atoms with Crippen LogP contribution in [0.5, 0.6) is 17.2 Å². The Bertz CT molecular complexity index is 1030. The zero-order valence-corrected chi connectivity index (χ0v) is 17.7. The minimum Gasteiger partial charge on any atom is -0.493 e. The monoisotopic (exact) mass is 411 g/mol. The Morgan fingerprint density at radius 3 is 2.50 bits per heavy atom. The molecule has 1 heterocycles. The first-order valence-corrected chi connectivity index (χ1v) is 9.51. The van der Waals surface area contributed by atoms with Gasteiger partial charge in [0.1, 0.15) is 5.75 Å². The van der Waals surface area contributed by atoms with Crippen LogP contribution < -0.4 is 19.5 Å². The van der Waals surface area contributed by atoms with E-state index in [-0.39, 0.29) is 24.2 Å². The van der Waals surface area contributed by atoms with Gasteiger partial charge in [0.05, 0.1) is 14.2 Å². The fourth-order valence-corrected chi connectivity index (χ4v) is 3.00. The lowest BCUT2D eigenvalue weighted by Crippen LogP contribution is -2.21. The molecule has 0 radical (unpaired) electrons. The molecule has 8 heteroatoms. The number of hydrogen-bond acceptors (Lipinski definition) is 7. The van der Waals surface area contributed by atoms with Crippen LogP contribution in [0.2, 0.25) is 0 Å². The molecule has 1 aromatic heterocycles. The minimum absolute atomic E-state index is 0.165. The van der Waals surface area contributed by atoms with Crippen LogP contribution in [0.25, 0.3) is 11.3 Å². The summed E-state index contributed by atoms with van der Waals surface area (Å²) in [6.07, 6.45) is 0. The maximum atomic E-state index is 12.5. The van der Waals surface area contributed by atoms with Crippen molar-refractivity contribution in [1.29, 1.82) is 0 Å². The highest BCUT2D eigenvalue weighted by Gasteiger charge is 2.18. The highest BCUT2D eigenvalue weighted by molar-refractivity contribution is 5.94. The Labute approximate surface area is 175 Å². The van der Waals surface area contributed by atoms with Crippen LogP contribution in [0.15, 0.2) is 41.0 Å². The molecule has 0 atom stereocenters. The maximum Gasteiger partial charge on any atom is 0.263 e. The molecule has 2 aromatic carbocycles. The van der Waals surface area contributed by atoms with Gasteiger partial charge < -0.3 is 19.5 Å². The summed E-state index contributed by atoms with van der Waals surface area (Å²) < 4.78 is 21.2.